The van der Waals surface area contributed by atoms with Crippen LogP contribution in [0.1, 0.15) is 32.1 Å². The van der Waals surface area contributed by atoms with E-state index in [2.05, 4.69) is 45.0 Å². The molecule has 1 aromatic carbocycles. The summed E-state index contributed by atoms with van der Waals surface area (Å²) in [5.74, 6) is 1.34. The first-order valence-electron chi connectivity index (χ1n) is 7.36. The number of thioether (sulfide) groups is 1. The summed E-state index contributed by atoms with van der Waals surface area (Å²) in [6.45, 7) is 7.10. The van der Waals surface area contributed by atoms with Gasteiger partial charge in [0.15, 0.2) is 0 Å². The molecule has 0 fully saturated rings. The Labute approximate surface area is 136 Å². The van der Waals surface area contributed by atoms with Crippen molar-refractivity contribution < 1.29 is 9.21 Å². The molecule has 0 atom stereocenters. The highest BCUT2D eigenvalue weighted by Gasteiger charge is 2.14. The van der Waals surface area contributed by atoms with E-state index in [0.717, 1.165) is 10.7 Å². The van der Waals surface area contributed by atoms with E-state index < -0.39 is 0 Å². The van der Waals surface area contributed by atoms with Crippen molar-refractivity contribution in [2.75, 3.05) is 12.8 Å². The SMILES string of the molecule is CN(Cc1ccco1)C(=O)CSc1ccc(C(C)(C)C)cc1. The summed E-state index contributed by atoms with van der Waals surface area (Å²) in [5, 5.41) is 0. The van der Waals surface area contributed by atoms with Crippen LogP contribution in [0, 0.1) is 0 Å². The molecule has 3 nitrogen and oxygen atoms in total. The average Bonchev–Trinajstić information content (AvgIpc) is 2.97. The predicted octanol–water partition coefficient (Wildman–Crippen LogP) is 4.33. The molecular formula is C18H23NO2S. The fraction of sp³-hybridized carbons (Fsp3) is 0.389. The largest absolute Gasteiger partial charge is 0.467 e. The molecular weight excluding hydrogens is 294 g/mol. The molecule has 1 heterocycles. The number of furan rings is 1. The van der Waals surface area contributed by atoms with Gasteiger partial charge in [-0.1, -0.05) is 32.9 Å². The summed E-state index contributed by atoms with van der Waals surface area (Å²) in [6, 6.07) is 12.2. The van der Waals surface area contributed by atoms with Gasteiger partial charge in [-0.05, 0) is 35.2 Å². The fourth-order valence-corrected chi connectivity index (χ4v) is 2.87. The number of hydrogen-bond donors (Lipinski definition) is 0. The van der Waals surface area contributed by atoms with Crippen molar-refractivity contribution in [2.45, 2.75) is 37.6 Å². The van der Waals surface area contributed by atoms with Crippen LogP contribution >= 0.6 is 11.8 Å². The Morgan fingerprint density at radius 2 is 1.86 bits per heavy atom. The Hall–Kier alpha value is -1.68. The molecule has 0 bridgehead atoms. The lowest BCUT2D eigenvalue weighted by molar-refractivity contribution is -0.127. The maximum Gasteiger partial charge on any atom is 0.233 e. The Morgan fingerprint density at radius 1 is 1.18 bits per heavy atom. The molecule has 0 aliphatic heterocycles. The van der Waals surface area contributed by atoms with Gasteiger partial charge in [-0.25, -0.2) is 0 Å². The van der Waals surface area contributed by atoms with Crippen LogP contribution in [0.5, 0.6) is 0 Å². The highest BCUT2D eigenvalue weighted by Crippen LogP contribution is 2.25. The van der Waals surface area contributed by atoms with Crippen molar-refractivity contribution in [3.8, 4) is 0 Å². The first kappa shape index (κ1) is 16.7. The van der Waals surface area contributed by atoms with Gasteiger partial charge in [0.1, 0.15) is 5.76 Å². The summed E-state index contributed by atoms with van der Waals surface area (Å²) in [6.07, 6.45) is 1.62. The zero-order valence-corrected chi connectivity index (χ0v) is 14.4. The minimum Gasteiger partial charge on any atom is -0.467 e. The molecule has 0 saturated carbocycles. The van der Waals surface area contributed by atoms with E-state index in [0.29, 0.717) is 12.3 Å². The monoisotopic (exact) mass is 317 g/mol. The van der Waals surface area contributed by atoms with Crippen LogP contribution in [0.2, 0.25) is 0 Å². The van der Waals surface area contributed by atoms with E-state index in [-0.39, 0.29) is 11.3 Å². The molecule has 22 heavy (non-hydrogen) atoms. The van der Waals surface area contributed by atoms with Crippen molar-refractivity contribution in [3.63, 3.8) is 0 Å². The molecule has 0 N–H and O–H groups in total. The van der Waals surface area contributed by atoms with Crippen molar-refractivity contribution in [3.05, 3.63) is 54.0 Å². The minimum absolute atomic E-state index is 0.0984. The van der Waals surface area contributed by atoms with Crippen molar-refractivity contribution in [1.29, 1.82) is 0 Å². The van der Waals surface area contributed by atoms with Gasteiger partial charge in [0.05, 0.1) is 18.6 Å². The predicted molar refractivity (Wildman–Crippen MR) is 91.0 cm³/mol. The van der Waals surface area contributed by atoms with E-state index >= 15 is 0 Å². The highest BCUT2D eigenvalue weighted by atomic mass is 32.2. The molecule has 0 aliphatic rings. The van der Waals surface area contributed by atoms with Gasteiger partial charge >= 0.3 is 0 Å². The van der Waals surface area contributed by atoms with Gasteiger partial charge in [-0.15, -0.1) is 11.8 Å². The zero-order valence-electron chi connectivity index (χ0n) is 13.6. The zero-order chi connectivity index (χ0) is 16.2. The number of nitrogens with zero attached hydrogens (tertiary/aromatic N) is 1. The second-order valence-electron chi connectivity index (χ2n) is 6.39. The molecule has 1 amide bonds. The summed E-state index contributed by atoms with van der Waals surface area (Å²) in [7, 11) is 1.80. The van der Waals surface area contributed by atoms with Crippen molar-refractivity contribution >= 4 is 17.7 Å². The third kappa shape index (κ3) is 4.67. The number of carbonyl (C=O) groups excluding carboxylic acids is 1. The van der Waals surface area contributed by atoms with E-state index in [1.807, 2.05) is 12.1 Å². The number of amides is 1. The standard InChI is InChI=1S/C18H23NO2S/c1-18(2,3)14-7-9-16(10-8-14)22-13-17(20)19(4)12-15-6-5-11-21-15/h5-11H,12-13H2,1-4H3. The van der Waals surface area contributed by atoms with Crippen molar-refractivity contribution in [2.24, 2.45) is 0 Å². The fourth-order valence-electron chi connectivity index (χ4n) is 2.03. The Balaban J connectivity index is 1.85. The Morgan fingerprint density at radius 3 is 2.41 bits per heavy atom. The van der Waals surface area contributed by atoms with Crippen LogP contribution in [0.4, 0.5) is 0 Å². The number of benzene rings is 1. The molecule has 2 rings (SSSR count). The van der Waals surface area contributed by atoms with Crippen LogP contribution in [0.15, 0.2) is 52.0 Å². The lowest BCUT2D eigenvalue weighted by Gasteiger charge is -2.19. The third-order valence-electron chi connectivity index (χ3n) is 3.48. The lowest BCUT2D eigenvalue weighted by Crippen LogP contribution is -2.27. The quantitative estimate of drug-likeness (QED) is 0.770. The molecule has 2 aromatic rings. The third-order valence-corrected chi connectivity index (χ3v) is 4.48. The molecule has 0 saturated heterocycles. The second kappa shape index (κ2) is 7.05. The minimum atomic E-state index is 0.0984. The van der Waals surface area contributed by atoms with Crippen molar-refractivity contribution in [1.82, 2.24) is 4.90 Å². The first-order chi connectivity index (χ1) is 10.4. The van der Waals surface area contributed by atoms with Gasteiger partial charge < -0.3 is 9.32 Å². The smallest absolute Gasteiger partial charge is 0.233 e. The molecule has 118 valence electrons. The number of carbonyl (C=O) groups is 1. The number of rotatable bonds is 5. The molecule has 0 unspecified atom stereocenters. The van der Waals surface area contributed by atoms with Crippen LogP contribution in [0.25, 0.3) is 0 Å². The van der Waals surface area contributed by atoms with Gasteiger partial charge in [0.25, 0.3) is 0 Å². The topological polar surface area (TPSA) is 33.5 Å². The van der Waals surface area contributed by atoms with Gasteiger partial charge in [0, 0.05) is 11.9 Å². The maximum absolute atomic E-state index is 12.1. The van der Waals surface area contributed by atoms with Gasteiger partial charge in [-0.2, -0.15) is 0 Å². The van der Waals surface area contributed by atoms with E-state index in [1.165, 1.54) is 5.56 Å². The van der Waals surface area contributed by atoms with Crippen LogP contribution in [-0.4, -0.2) is 23.6 Å². The molecule has 0 spiro atoms. The summed E-state index contributed by atoms with van der Waals surface area (Å²) < 4.78 is 5.26. The normalized spacial score (nSPS) is 11.5. The van der Waals surface area contributed by atoms with Gasteiger partial charge in [0.2, 0.25) is 5.91 Å². The molecule has 0 aliphatic carbocycles. The molecule has 0 radical (unpaired) electrons. The Bertz CT molecular complexity index is 597. The van der Waals surface area contributed by atoms with E-state index in [9.17, 15) is 4.79 Å². The molecule has 4 heteroatoms. The highest BCUT2D eigenvalue weighted by molar-refractivity contribution is 8.00. The van der Waals surface area contributed by atoms with E-state index in [1.54, 1.807) is 30.0 Å². The number of hydrogen-bond acceptors (Lipinski definition) is 3. The van der Waals surface area contributed by atoms with Crippen LogP contribution in [0.3, 0.4) is 0 Å². The first-order valence-corrected chi connectivity index (χ1v) is 8.34. The second-order valence-corrected chi connectivity index (χ2v) is 7.44. The molecule has 1 aromatic heterocycles. The summed E-state index contributed by atoms with van der Waals surface area (Å²) in [5.41, 5.74) is 1.46. The lowest BCUT2D eigenvalue weighted by atomic mass is 9.87. The Kier molecular flexibility index (Phi) is 5.35. The van der Waals surface area contributed by atoms with Crippen LogP contribution in [-0.2, 0) is 16.8 Å². The average molecular weight is 317 g/mol. The van der Waals surface area contributed by atoms with Gasteiger partial charge in [-0.3, -0.25) is 4.79 Å². The maximum atomic E-state index is 12.1. The van der Waals surface area contributed by atoms with Crippen LogP contribution < -0.4 is 0 Å². The summed E-state index contributed by atoms with van der Waals surface area (Å²) >= 11 is 1.57. The van der Waals surface area contributed by atoms with E-state index in [4.69, 9.17) is 4.42 Å². The summed E-state index contributed by atoms with van der Waals surface area (Å²) in [4.78, 5) is 14.9.